The fourth-order valence-corrected chi connectivity index (χ4v) is 3.84. The Morgan fingerprint density at radius 3 is 2.27 bits per heavy atom. The number of hydrogen-bond donors (Lipinski definition) is 3. The number of ether oxygens (including phenoxy) is 2. The van der Waals surface area contributed by atoms with Crippen molar-refractivity contribution in [2.45, 2.75) is 45.1 Å². The molecular weight excluding hydrogens is 442 g/mol. The Balaban J connectivity index is 0.00000385. The first-order valence-electron chi connectivity index (χ1n) is 11.1. The normalized spacial score (nSPS) is 17.3. The van der Waals surface area contributed by atoms with E-state index in [1.807, 2.05) is 42.5 Å². The molecule has 4 N–H and O–H groups in total. The highest BCUT2D eigenvalue weighted by molar-refractivity contribution is 5.85. The summed E-state index contributed by atoms with van der Waals surface area (Å²) < 4.78 is 10.9. The van der Waals surface area contributed by atoms with Gasteiger partial charge in [0, 0.05) is 13.0 Å². The largest absolute Gasteiger partial charge is 0.461 e. The molecule has 8 heteroatoms. The highest BCUT2D eigenvalue weighted by Crippen LogP contribution is 2.29. The minimum atomic E-state index is -0.238. The van der Waals surface area contributed by atoms with Gasteiger partial charge in [-0.2, -0.15) is 0 Å². The van der Waals surface area contributed by atoms with Crippen molar-refractivity contribution < 1.29 is 19.1 Å². The monoisotopic (exact) mass is 473 g/mol. The number of benzene rings is 2. The van der Waals surface area contributed by atoms with Gasteiger partial charge in [0.15, 0.2) is 5.96 Å². The lowest BCUT2D eigenvalue weighted by Gasteiger charge is -2.27. The van der Waals surface area contributed by atoms with E-state index < -0.39 is 0 Å². The first kappa shape index (κ1) is 26.2. The summed E-state index contributed by atoms with van der Waals surface area (Å²) in [6, 6.07) is 16.9. The molecule has 2 aromatic rings. The van der Waals surface area contributed by atoms with Crippen LogP contribution in [-0.4, -0.2) is 24.4 Å². The van der Waals surface area contributed by atoms with Gasteiger partial charge in [-0.05, 0) is 61.3 Å². The third kappa shape index (κ3) is 9.14. The van der Waals surface area contributed by atoms with Gasteiger partial charge in [0.1, 0.15) is 12.4 Å². The Morgan fingerprint density at radius 1 is 0.970 bits per heavy atom. The minimum absolute atomic E-state index is 0. The average molecular weight is 474 g/mol. The molecule has 1 aliphatic carbocycles. The van der Waals surface area contributed by atoms with Gasteiger partial charge in [0.05, 0.1) is 5.92 Å². The summed E-state index contributed by atoms with van der Waals surface area (Å²) in [4.78, 5) is 24.4. The number of hydrogen-bond acceptors (Lipinski definition) is 5. The van der Waals surface area contributed by atoms with Crippen LogP contribution in [0.3, 0.4) is 0 Å². The van der Waals surface area contributed by atoms with E-state index in [1.54, 1.807) is 12.1 Å². The number of carbonyl (C=O) groups excluding carboxylic acids is 2. The molecule has 3 rings (SSSR count). The van der Waals surface area contributed by atoms with E-state index in [2.05, 4.69) is 5.32 Å². The SMILES string of the molecule is Cl.N=C(N)NC[C@H]1CC[C@H](C(=O)Oc2ccc(CCC(=O)OCc3ccccc3)cc2)CC1. The molecule has 0 saturated heterocycles. The molecule has 0 spiro atoms. The second-order valence-corrected chi connectivity index (χ2v) is 8.22. The van der Waals surface area contributed by atoms with Crippen molar-refractivity contribution >= 4 is 30.3 Å². The molecule has 2 aromatic carbocycles. The summed E-state index contributed by atoms with van der Waals surface area (Å²) in [5.74, 6) is 0.410. The van der Waals surface area contributed by atoms with Gasteiger partial charge < -0.3 is 20.5 Å². The summed E-state index contributed by atoms with van der Waals surface area (Å²) in [6.45, 7) is 0.960. The number of rotatable bonds is 9. The maximum atomic E-state index is 12.5. The molecule has 0 heterocycles. The molecule has 0 amide bonds. The van der Waals surface area contributed by atoms with Crippen molar-refractivity contribution in [2.24, 2.45) is 17.6 Å². The Kier molecular flexibility index (Phi) is 10.7. The van der Waals surface area contributed by atoms with E-state index in [0.29, 0.717) is 31.1 Å². The number of nitrogens with two attached hydrogens (primary N) is 1. The Bertz CT molecular complexity index is 898. The van der Waals surface area contributed by atoms with Crippen molar-refractivity contribution in [2.75, 3.05) is 6.54 Å². The van der Waals surface area contributed by atoms with Gasteiger partial charge in [0.2, 0.25) is 0 Å². The summed E-state index contributed by atoms with van der Waals surface area (Å²) in [7, 11) is 0. The van der Waals surface area contributed by atoms with Crippen LogP contribution in [0.2, 0.25) is 0 Å². The number of aryl methyl sites for hydroxylation is 1. The van der Waals surface area contributed by atoms with Crippen LogP contribution in [0.1, 0.15) is 43.2 Å². The smallest absolute Gasteiger partial charge is 0.314 e. The zero-order chi connectivity index (χ0) is 22.8. The standard InChI is InChI=1S/C25H31N3O4.ClH/c26-25(27)28-16-19-6-11-21(12-7-19)24(30)32-22-13-8-18(9-14-22)10-15-23(29)31-17-20-4-2-1-3-5-20;/h1-5,8-9,13-14,19,21H,6-7,10-12,15-17H2,(H4,26,27,28);1H/t19-,21-;. The molecule has 1 aliphatic rings. The topological polar surface area (TPSA) is 115 Å². The highest BCUT2D eigenvalue weighted by Gasteiger charge is 2.27. The van der Waals surface area contributed by atoms with Crippen molar-refractivity contribution in [3.8, 4) is 5.75 Å². The van der Waals surface area contributed by atoms with E-state index in [4.69, 9.17) is 20.6 Å². The van der Waals surface area contributed by atoms with E-state index in [0.717, 1.165) is 36.8 Å². The van der Waals surface area contributed by atoms with Crippen LogP contribution in [0, 0.1) is 17.2 Å². The third-order valence-electron chi connectivity index (χ3n) is 5.76. The van der Waals surface area contributed by atoms with Crippen LogP contribution >= 0.6 is 12.4 Å². The molecule has 1 saturated carbocycles. The summed E-state index contributed by atoms with van der Waals surface area (Å²) in [5, 5.41) is 10.1. The number of guanidine groups is 1. The van der Waals surface area contributed by atoms with E-state index >= 15 is 0 Å². The van der Waals surface area contributed by atoms with Crippen molar-refractivity contribution in [1.29, 1.82) is 5.41 Å². The lowest BCUT2D eigenvalue weighted by atomic mass is 9.82. The maximum Gasteiger partial charge on any atom is 0.314 e. The third-order valence-corrected chi connectivity index (χ3v) is 5.76. The quantitative estimate of drug-likeness (QED) is 0.219. The lowest BCUT2D eigenvalue weighted by molar-refractivity contribution is -0.145. The molecule has 1 fully saturated rings. The predicted octanol–water partition coefficient (Wildman–Crippen LogP) is 3.98. The highest BCUT2D eigenvalue weighted by atomic mass is 35.5. The Hall–Kier alpha value is -3.06. The summed E-state index contributed by atoms with van der Waals surface area (Å²) in [6.07, 6.45) is 4.27. The number of esters is 2. The van der Waals surface area contributed by atoms with Crippen LogP contribution in [0.4, 0.5) is 0 Å². The predicted molar refractivity (Wildman–Crippen MR) is 129 cm³/mol. The molecule has 33 heavy (non-hydrogen) atoms. The number of carbonyl (C=O) groups is 2. The molecule has 0 radical (unpaired) electrons. The van der Waals surface area contributed by atoms with Gasteiger partial charge in [0.25, 0.3) is 0 Å². The fraction of sp³-hybridized carbons (Fsp3) is 0.400. The fourth-order valence-electron chi connectivity index (χ4n) is 3.84. The molecule has 0 aliphatic heterocycles. The van der Waals surface area contributed by atoms with Gasteiger partial charge in [-0.3, -0.25) is 15.0 Å². The van der Waals surface area contributed by atoms with Crippen LogP contribution in [0.25, 0.3) is 0 Å². The molecule has 0 atom stereocenters. The average Bonchev–Trinajstić information content (AvgIpc) is 2.82. The van der Waals surface area contributed by atoms with Crippen molar-refractivity contribution in [1.82, 2.24) is 5.32 Å². The number of halogens is 1. The van der Waals surface area contributed by atoms with Crippen molar-refractivity contribution in [3.05, 3.63) is 65.7 Å². The van der Waals surface area contributed by atoms with Gasteiger partial charge >= 0.3 is 11.9 Å². The molecule has 7 nitrogen and oxygen atoms in total. The molecule has 178 valence electrons. The van der Waals surface area contributed by atoms with E-state index in [9.17, 15) is 9.59 Å². The van der Waals surface area contributed by atoms with Crippen molar-refractivity contribution in [3.63, 3.8) is 0 Å². The van der Waals surface area contributed by atoms with Gasteiger partial charge in [-0.15, -0.1) is 12.4 Å². The van der Waals surface area contributed by atoms with E-state index in [-0.39, 0.29) is 42.8 Å². The van der Waals surface area contributed by atoms with Crippen LogP contribution in [0.15, 0.2) is 54.6 Å². The van der Waals surface area contributed by atoms with Crippen LogP contribution in [0.5, 0.6) is 5.75 Å². The van der Waals surface area contributed by atoms with E-state index in [1.165, 1.54) is 0 Å². The second kappa shape index (κ2) is 13.5. The second-order valence-electron chi connectivity index (χ2n) is 8.22. The number of nitrogens with one attached hydrogen (secondary N) is 2. The first-order chi connectivity index (χ1) is 15.5. The van der Waals surface area contributed by atoms with Gasteiger partial charge in [-0.25, -0.2) is 0 Å². The molecule has 0 unspecified atom stereocenters. The minimum Gasteiger partial charge on any atom is -0.461 e. The zero-order valence-corrected chi connectivity index (χ0v) is 19.4. The zero-order valence-electron chi connectivity index (χ0n) is 18.6. The van der Waals surface area contributed by atoms with Gasteiger partial charge in [-0.1, -0.05) is 42.5 Å². The molecule has 0 aromatic heterocycles. The lowest BCUT2D eigenvalue weighted by Crippen LogP contribution is -2.36. The Morgan fingerprint density at radius 2 is 1.64 bits per heavy atom. The first-order valence-corrected chi connectivity index (χ1v) is 11.1. The molecular formula is C25H32ClN3O4. The molecule has 0 bridgehead atoms. The summed E-state index contributed by atoms with van der Waals surface area (Å²) >= 11 is 0. The maximum absolute atomic E-state index is 12.5. The Labute approximate surface area is 201 Å². The summed E-state index contributed by atoms with van der Waals surface area (Å²) in [5.41, 5.74) is 7.28. The van der Waals surface area contributed by atoms with Crippen LogP contribution in [-0.2, 0) is 27.4 Å². The van der Waals surface area contributed by atoms with Crippen LogP contribution < -0.4 is 15.8 Å².